The number of hydrogen-bond acceptors (Lipinski definition) is 18. The van der Waals surface area contributed by atoms with Gasteiger partial charge in [0.15, 0.2) is 13.1 Å². The van der Waals surface area contributed by atoms with Gasteiger partial charge in [-0.3, -0.25) is 18.7 Å². The highest BCUT2D eigenvalue weighted by atomic mass is 32.2. The molecule has 1 aromatic rings. The van der Waals surface area contributed by atoms with Gasteiger partial charge in [-0.1, -0.05) is 26.8 Å². The summed E-state index contributed by atoms with van der Waals surface area (Å²) in [4.78, 5) is 43.8. The van der Waals surface area contributed by atoms with Crippen LogP contribution in [0.1, 0.15) is 83.1 Å². The Kier molecular flexibility index (Phi) is 25.5. The lowest BCUT2D eigenvalue weighted by Gasteiger charge is -2.30. The number of benzene rings is 2. The van der Waals surface area contributed by atoms with Gasteiger partial charge in [-0.05, 0) is 85.2 Å². The van der Waals surface area contributed by atoms with Crippen LogP contribution in [0, 0.1) is 0 Å². The van der Waals surface area contributed by atoms with Crippen molar-refractivity contribution in [3.8, 4) is 11.3 Å². The number of anilines is 1. The molecule has 4 aliphatic rings. The zero-order chi connectivity index (χ0) is 56.8. The van der Waals surface area contributed by atoms with Crippen LogP contribution < -0.4 is 14.8 Å². The van der Waals surface area contributed by atoms with E-state index in [0.29, 0.717) is 139 Å². The van der Waals surface area contributed by atoms with Crippen molar-refractivity contribution in [3.63, 3.8) is 0 Å². The molecule has 1 aromatic carbocycles. The molecule has 1 fully saturated rings. The molecule has 2 amide bonds. The van der Waals surface area contributed by atoms with Crippen LogP contribution in [0.25, 0.3) is 17.4 Å². The standard InChI is InChI=1S/C54H77N3O19S2/c1-53(2,3)45-39-42(75-48-38-41(13-15-44(45)48)55(21-23-69-29-31-73-35-33-71-27-25-67-5)22-24-70-30-32-74-36-34-72-28-26-68-6)10-7-11-49-54(4,19-8-12-52(60)76-57-50(58)17-18-51(57)59)46-40-43(78(64,65)66)14-16-47(46)56(49)20-9-37-77(61,62)63/h7,10-11,13-16,38-40H,8-9,12,17-37H2,1-6H3,(H-,61,62,63,64,65,66)/p+1. The minimum Gasteiger partial charge on any atom is -0.456 e. The number of rotatable bonds is 36. The number of amides is 2. The number of carbonyl (C=O) groups excluding carboxylic acids is 3. The second-order valence-corrected chi connectivity index (χ2v) is 22.7. The molecule has 0 aromatic heterocycles. The van der Waals surface area contributed by atoms with E-state index in [-0.39, 0.29) is 55.4 Å². The first-order valence-electron chi connectivity index (χ1n) is 26.1. The SMILES string of the molecule is COCCOCCOCCOCC[N+](CCOCCOCCOCCOC)=c1ccc2c(C(C)(C)C)cc(/C=C/C=C3/N(CCCS(=O)(=O)O)c4ccc(S(=O)(=O)O)cc4C3(C)CCCC(=O)ON3C(=O)CCC3=O)oc-2c1. The van der Waals surface area contributed by atoms with Crippen LogP contribution in [0.3, 0.4) is 0 Å². The maximum Gasteiger partial charge on any atom is 0.333 e. The summed E-state index contributed by atoms with van der Waals surface area (Å²) in [7, 11) is -5.80. The number of ether oxygens (including phenoxy) is 8. The molecule has 0 saturated carbocycles. The smallest absolute Gasteiger partial charge is 0.333 e. The number of allylic oxidation sites excluding steroid dienone is 3. The third-order valence-corrected chi connectivity index (χ3v) is 14.5. The number of hydroxylamine groups is 2. The van der Waals surface area contributed by atoms with E-state index in [0.717, 1.165) is 16.5 Å². The summed E-state index contributed by atoms with van der Waals surface area (Å²) in [5.41, 5.74) is 2.02. The Labute approximate surface area is 458 Å². The minimum atomic E-state index is -4.68. The number of hydrogen-bond donors (Lipinski definition) is 2. The fourth-order valence-corrected chi connectivity index (χ4v) is 9.91. The van der Waals surface area contributed by atoms with Crippen molar-refractivity contribution in [1.82, 2.24) is 9.64 Å². The molecule has 3 aliphatic heterocycles. The second-order valence-electron chi connectivity index (χ2n) is 19.7. The van der Waals surface area contributed by atoms with E-state index >= 15 is 0 Å². The van der Waals surface area contributed by atoms with E-state index in [1.54, 1.807) is 32.4 Å². The fraction of sp³-hybridized carbons (Fsp3) is 0.593. The van der Waals surface area contributed by atoms with Gasteiger partial charge in [0.25, 0.3) is 32.1 Å². The van der Waals surface area contributed by atoms with Crippen molar-refractivity contribution in [2.24, 2.45) is 0 Å². The molecule has 78 heavy (non-hydrogen) atoms. The molecule has 434 valence electrons. The minimum absolute atomic E-state index is 0.0210. The van der Waals surface area contributed by atoms with Gasteiger partial charge in [-0.2, -0.15) is 16.8 Å². The van der Waals surface area contributed by atoms with E-state index in [2.05, 4.69) is 25.3 Å². The highest BCUT2D eigenvalue weighted by Gasteiger charge is 2.44. The van der Waals surface area contributed by atoms with Gasteiger partial charge in [0.2, 0.25) is 5.36 Å². The molecule has 3 heterocycles. The molecular weight excluding hydrogens is 1060 g/mol. The normalized spacial score (nSPS) is 16.6. The topological polar surface area (TPSA) is 266 Å². The van der Waals surface area contributed by atoms with Crippen LogP contribution in [0.2, 0.25) is 0 Å². The van der Waals surface area contributed by atoms with Gasteiger partial charge in [0.1, 0.15) is 24.7 Å². The molecule has 1 saturated heterocycles. The quantitative estimate of drug-likeness (QED) is 0.0342. The van der Waals surface area contributed by atoms with Crippen LogP contribution in [-0.4, -0.2) is 181 Å². The van der Waals surface area contributed by atoms with E-state index in [4.69, 9.17) is 47.1 Å². The molecule has 1 atom stereocenters. The van der Waals surface area contributed by atoms with E-state index in [1.807, 2.05) is 36.1 Å². The molecule has 24 heteroatoms. The predicted octanol–water partition coefficient (Wildman–Crippen LogP) is 4.82. The molecule has 0 radical (unpaired) electrons. The van der Waals surface area contributed by atoms with Crippen LogP contribution in [0.15, 0.2) is 69.6 Å². The van der Waals surface area contributed by atoms with Crippen LogP contribution in [0.5, 0.6) is 0 Å². The predicted molar refractivity (Wildman–Crippen MR) is 288 cm³/mol. The number of nitrogens with zero attached hydrogens (tertiary/aromatic N) is 3. The number of imide groups is 1. The molecule has 1 aliphatic carbocycles. The summed E-state index contributed by atoms with van der Waals surface area (Å²) in [5, 5.41) is 1.33. The highest BCUT2D eigenvalue weighted by Crippen LogP contribution is 2.51. The Bertz CT molecular complexity index is 2730. The third kappa shape index (κ3) is 20.0. The first-order chi connectivity index (χ1) is 37.2. The molecule has 2 N–H and O–H groups in total. The maximum atomic E-state index is 13.0. The van der Waals surface area contributed by atoms with Gasteiger partial charge in [-0.15, -0.1) is 5.06 Å². The average molecular weight is 1140 g/mol. The van der Waals surface area contributed by atoms with Gasteiger partial charge in [-0.25, -0.2) is 9.37 Å². The largest absolute Gasteiger partial charge is 0.456 e. The Morgan fingerprint density at radius 3 is 1.82 bits per heavy atom. The number of fused-ring (bicyclic) bond motifs is 2. The van der Waals surface area contributed by atoms with Crippen LogP contribution >= 0.6 is 0 Å². The Morgan fingerprint density at radius 1 is 0.744 bits per heavy atom. The van der Waals surface area contributed by atoms with Crippen LogP contribution in [-0.2, 0) is 88.2 Å². The van der Waals surface area contributed by atoms with E-state index < -0.39 is 49.2 Å². The van der Waals surface area contributed by atoms with Crippen molar-refractivity contribution in [2.45, 2.75) is 81.9 Å². The lowest BCUT2D eigenvalue weighted by atomic mass is 9.77. The lowest BCUT2D eigenvalue weighted by molar-refractivity contribution is -0.197. The highest BCUT2D eigenvalue weighted by molar-refractivity contribution is 7.86. The first kappa shape index (κ1) is 63.9. The first-order valence-corrected chi connectivity index (χ1v) is 29.1. The summed E-state index contributed by atoms with van der Waals surface area (Å²) in [6.45, 7) is 15.5. The monoisotopic (exact) mass is 1140 g/mol. The van der Waals surface area contributed by atoms with E-state index in [1.165, 1.54) is 18.2 Å². The number of carbonyl (C=O) groups is 3. The van der Waals surface area contributed by atoms with Gasteiger partial charge in [0, 0.05) is 68.5 Å². The van der Waals surface area contributed by atoms with E-state index in [9.17, 15) is 40.3 Å². The Balaban J connectivity index is 1.46. The molecule has 5 rings (SSSR count). The molecular formula is C54H78N3O19S2+. The summed E-state index contributed by atoms with van der Waals surface area (Å²) >= 11 is 0. The summed E-state index contributed by atoms with van der Waals surface area (Å²) in [6, 6.07) is 12.1. The average Bonchev–Trinajstić information content (AvgIpc) is 3.98. The maximum absolute atomic E-state index is 13.0. The van der Waals surface area contributed by atoms with Crippen LogP contribution in [0.4, 0.5) is 5.69 Å². The summed E-state index contributed by atoms with van der Waals surface area (Å²) in [5.74, 6) is -1.53. The van der Waals surface area contributed by atoms with Gasteiger partial charge < -0.3 is 52.0 Å². The molecule has 0 spiro atoms. The fourth-order valence-electron chi connectivity index (χ4n) is 8.91. The molecule has 22 nitrogen and oxygen atoms in total. The van der Waals surface area contributed by atoms with Crippen molar-refractivity contribution in [1.29, 1.82) is 0 Å². The number of methoxy groups -OCH3 is 2. The molecule has 1 unspecified atom stereocenters. The third-order valence-electron chi connectivity index (χ3n) is 12.9. The second kappa shape index (κ2) is 31.1. The van der Waals surface area contributed by atoms with Crippen molar-refractivity contribution in [2.75, 3.05) is 137 Å². The lowest BCUT2D eigenvalue weighted by Crippen LogP contribution is -2.36. The molecule has 0 bridgehead atoms. The Morgan fingerprint density at radius 2 is 1.29 bits per heavy atom. The van der Waals surface area contributed by atoms with Gasteiger partial charge in [0.05, 0.1) is 96.0 Å². The van der Waals surface area contributed by atoms with Crippen molar-refractivity contribution < 1.29 is 87.5 Å². The van der Waals surface area contributed by atoms with Gasteiger partial charge >= 0.3 is 5.97 Å². The zero-order valence-electron chi connectivity index (χ0n) is 45.7. The summed E-state index contributed by atoms with van der Waals surface area (Å²) < 4.78 is 122. The Hall–Kier alpha value is -4.96. The van der Waals surface area contributed by atoms with Crippen molar-refractivity contribution >= 4 is 49.8 Å². The summed E-state index contributed by atoms with van der Waals surface area (Å²) in [6.07, 6.45) is 5.26. The zero-order valence-corrected chi connectivity index (χ0v) is 47.4. The van der Waals surface area contributed by atoms with Crippen molar-refractivity contribution in [3.05, 3.63) is 82.6 Å².